The zero-order valence-electron chi connectivity index (χ0n) is 14.0. The molecule has 2 N–H and O–H groups in total. The lowest BCUT2D eigenvalue weighted by atomic mass is 9.96. The van der Waals surface area contributed by atoms with E-state index in [-0.39, 0.29) is 0 Å². The molecule has 1 aliphatic carbocycles. The number of amides is 2. The summed E-state index contributed by atoms with van der Waals surface area (Å²) >= 11 is 13.4. The highest BCUT2D eigenvalue weighted by atomic mass is 35.5. The van der Waals surface area contributed by atoms with Crippen LogP contribution in [-0.4, -0.2) is 18.0 Å². The van der Waals surface area contributed by atoms with Crippen LogP contribution in [0.15, 0.2) is 23.3 Å². The van der Waals surface area contributed by atoms with Gasteiger partial charge in [-0.1, -0.05) is 29.3 Å². The molecule has 2 aromatic rings. The van der Waals surface area contributed by atoms with E-state index in [2.05, 4.69) is 21.9 Å². The molecule has 0 saturated heterocycles. The minimum atomic E-state index is -0.954. The van der Waals surface area contributed by atoms with E-state index >= 15 is 0 Å². The van der Waals surface area contributed by atoms with E-state index in [0.29, 0.717) is 26.2 Å². The first-order valence-electron chi connectivity index (χ1n) is 8.14. The second-order valence-electron chi connectivity index (χ2n) is 5.82. The van der Waals surface area contributed by atoms with E-state index in [1.54, 1.807) is 18.2 Å². The van der Waals surface area contributed by atoms with Crippen LogP contribution in [0.1, 0.15) is 34.4 Å². The summed E-state index contributed by atoms with van der Waals surface area (Å²) in [6.07, 6.45) is 5.05. The number of hydrazone groups is 1. The Labute approximate surface area is 169 Å². The van der Waals surface area contributed by atoms with Gasteiger partial charge in [0, 0.05) is 10.4 Å². The average molecular weight is 421 g/mol. The molecule has 3 rings (SSSR count). The predicted octanol–water partition coefficient (Wildman–Crippen LogP) is 3.89. The average Bonchev–Trinajstić information content (AvgIpc) is 3.00. The van der Waals surface area contributed by atoms with Gasteiger partial charge in [-0.25, -0.2) is 5.43 Å². The summed E-state index contributed by atoms with van der Waals surface area (Å²) in [5, 5.41) is 16.8. The van der Waals surface area contributed by atoms with E-state index in [0.717, 1.165) is 36.1 Å². The molecule has 1 heterocycles. The second-order valence-corrected chi connectivity index (χ2v) is 7.73. The van der Waals surface area contributed by atoms with E-state index in [1.807, 2.05) is 0 Å². The molecule has 0 saturated carbocycles. The number of nitriles is 1. The number of fused-ring (bicyclic) bond motifs is 1. The monoisotopic (exact) mass is 420 g/mol. The summed E-state index contributed by atoms with van der Waals surface area (Å²) in [5.41, 5.74) is 3.99. The van der Waals surface area contributed by atoms with E-state index in [1.165, 1.54) is 17.6 Å². The van der Waals surface area contributed by atoms with Crippen molar-refractivity contribution in [1.29, 1.82) is 5.26 Å². The first-order valence-corrected chi connectivity index (χ1v) is 9.71. The van der Waals surface area contributed by atoms with Crippen molar-refractivity contribution in [1.82, 2.24) is 5.43 Å². The molecule has 1 aromatic carbocycles. The van der Waals surface area contributed by atoms with Crippen LogP contribution in [0, 0.1) is 11.3 Å². The molecule has 0 bridgehead atoms. The van der Waals surface area contributed by atoms with Crippen LogP contribution >= 0.6 is 34.5 Å². The summed E-state index contributed by atoms with van der Waals surface area (Å²) in [6.45, 7) is 0. The van der Waals surface area contributed by atoms with Crippen LogP contribution in [0.5, 0.6) is 0 Å². The number of carbonyl (C=O) groups excluding carboxylic acids is 2. The maximum absolute atomic E-state index is 12.1. The van der Waals surface area contributed by atoms with Gasteiger partial charge in [-0.05, 0) is 43.4 Å². The number of aryl methyl sites for hydroxylation is 1. The molecule has 0 fully saturated rings. The van der Waals surface area contributed by atoms with Crippen LogP contribution < -0.4 is 10.7 Å². The van der Waals surface area contributed by atoms with Crippen LogP contribution in [0.25, 0.3) is 0 Å². The lowest BCUT2D eigenvalue weighted by molar-refractivity contribution is -0.136. The van der Waals surface area contributed by atoms with Gasteiger partial charge >= 0.3 is 11.8 Å². The minimum absolute atomic E-state index is 0.368. The van der Waals surface area contributed by atoms with Gasteiger partial charge in [0.25, 0.3) is 0 Å². The van der Waals surface area contributed by atoms with E-state index in [9.17, 15) is 14.9 Å². The molecule has 9 heteroatoms. The molecular weight excluding hydrogens is 407 g/mol. The molecule has 27 heavy (non-hydrogen) atoms. The van der Waals surface area contributed by atoms with Gasteiger partial charge in [-0.3, -0.25) is 9.59 Å². The lowest BCUT2D eigenvalue weighted by Crippen LogP contribution is -2.32. The van der Waals surface area contributed by atoms with Crippen molar-refractivity contribution in [2.45, 2.75) is 25.7 Å². The smallest absolute Gasteiger partial charge is 0.308 e. The highest BCUT2D eigenvalue weighted by Crippen LogP contribution is 2.37. The van der Waals surface area contributed by atoms with Crippen LogP contribution in [0.4, 0.5) is 5.00 Å². The molecule has 0 radical (unpaired) electrons. The molecule has 0 aliphatic heterocycles. The molecule has 6 nitrogen and oxygen atoms in total. The van der Waals surface area contributed by atoms with E-state index < -0.39 is 11.8 Å². The Morgan fingerprint density at radius 3 is 2.59 bits per heavy atom. The van der Waals surface area contributed by atoms with Gasteiger partial charge in [0.15, 0.2) is 0 Å². The Kier molecular flexibility index (Phi) is 6.11. The van der Waals surface area contributed by atoms with Crippen molar-refractivity contribution in [2.24, 2.45) is 5.10 Å². The third-order valence-corrected chi connectivity index (χ3v) is 5.94. The number of hydrogen-bond donors (Lipinski definition) is 2. The highest BCUT2D eigenvalue weighted by molar-refractivity contribution is 7.16. The molecule has 0 unspecified atom stereocenters. The third-order valence-electron chi connectivity index (χ3n) is 4.08. The number of nitrogens with zero attached hydrogens (tertiary/aromatic N) is 2. The fourth-order valence-electron chi connectivity index (χ4n) is 2.77. The zero-order chi connectivity index (χ0) is 19.4. The van der Waals surface area contributed by atoms with Gasteiger partial charge < -0.3 is 5.32 Å². The molecule has 0 spiro atoms. The number of benzene rings is 1. The summed E-state index contributed by atoms with van der Waals surface area (Å²) in [4.78, 5) is 25.2. The standard InChI is InChI=1S/C18H14Cl2N4O2S/c19-13-5-3-6-14(20)12(13)9-22-24-17(26)16(25)23-18-11(8-21)10-4-1-2-7-15(10)27-18/h3,5-6,9H,1-2,4,7H2,(H,23,25)(H,24,26)/b22-9-. The Balaban J connectivity index is 1.67. The second kappa shape index (κ2) is 8.53. The number of anilines is 1. The van der Waals surface area contributed by atoms with Gasteiger partial charge in [0.05, 0.1) is 21.8 Å². The Hall–Kier alpha value is -2.40. The zero-order valence-corrected chi connectivity index (χ0v) is 16.3. The largest absolute Gasteiger partial charge is 0.329 e. The topological polar surface area (TPSA) is 94.4 Å². The summed E-state index contributed by atoms with van der Waals surface area (Å²) in [6, 6.07) is 7.07. The maximum Gasteiger partial charge on any atom is 0.329 e. The molecule has 0 atom stereocenters. The summed E-state index contributed by atoms with van der Waals surface area (Å²) in [5.74, 6) is -1.85. The molecule has 2 amide bonds. The lowest BCUT2D eigenvalue weighted by Gasteiger charge is -2.09. The fourth-order valence-corrected chi connectivity index (χ4v) is 4.50. The number of rotatable bonds is 3. The van der Waals surface area contributed by atoms with Gasteiger partial charge in [-0.15, -0.1) is 11.3 Å². The summed E-state index contributed by atoms with van der Waals surface area (Å²) in [7, 11) is 0. The molecule has 1 aliphatic rings. The first kappa shape index (κ1) is 19.4. The molecular formula is C18H14Cl2N4O2S. The number of hydrogen-bond acceptors (Lipinski definition) is 5. The Bertz CT molecular complexity index is 958. The SMILES string of the molecule is N#Cc1c(NC(=O)C(=O)N/N=C\c2c(Cl)cccc2Cl)sc2c1CCCC2. The van der Waals surface area contributed by atoms with Crippen LogP contribution in [-0.2, 0) is 22.4 Å². The Morgan fingerprint density at radius 1 is 1.19 bits per heavy atom. The number of halogens is 2. The van der Waals surface area contributed by atoms with Crippen molar-refractivity contribution in [3.8, 4) is 6.07 Å². The van der Waals surface area contributed by atoms with Crippen molar-refractivity contribution in [3.05, 3.63) is 49.8 Å². The van der Waals surface area contributed by atoms with E-state index in [4.69, 9.17) is 23.2 Å². The normalized spacial score (nSPS) is 13.1. The van der Waals surface area contributed by atoms with Gasteiger partial charge in [-0.2, -0.15) is 10.4 Å². The number of thiophene rings is 1. The van der Waals surface area contributed by atoms with Crippen LogP contribution in [0.3, 0.4) is 0 Å². The Morgan fingerprint density at radius 2 is 1.89 bits per heavy atom. The number of carbonyl (C=O) groups is 2. The third kappa shape index (κ3) is 4.30. The van der Waals surface area contributed by atoms with Crippen LogP contribution in [0.2, 0.25) is 10.0 Å². The fraction of sp³-hybridized carbons (Fsp3) is 0.222. The van der Waals surface area contributed by atoms with Crippen molar-refractivity contribution < 1.29 is 9.59 Å². The van der Waals surface area contributed by atoms with Gasteiger partial charge in [0.2, 0.25) is 0 Å². The molecule has 1 aromatic heterocycles. The molecule has 138 valence electrons. The number of nitrogens with one attached hydrogen (secondary N) is 2. The first-order chi connectivity index (χ1) is 13.0. The highest BCUT2D eigenvalue weighted by Gasteiger charge is 2.23. The van der Waals surface area contributed by atoms with Crippen molar-refractivity contribution in [2.75, 3.05) is 5.32 Å². The maximum atomic E-state index is 12.1. The summed E-state index contributed by atoms with van der Waals surface area (Å²) < 4.78 is 0. The quantitative estimate of drug-likeness (QED) is 0.447. The van der Waals surface area contributed by atoms with Gasteiger partial charge in [0.1, 0.15) is 11.1 Å². The minimum Gasteiger partial charge on any atom is -0.308 e. The predicted molar refractivity (Wildman–Crippen MR) is 107 cm³/mol. The van der Waals surface area contributed by atoms with Crippen molar-refractivity contribution in [3.63, 3.8) is 0 Å². The van der Waals surface area contributed by atoms with Crippen molar-refractivity contribution >= 4 is 57.6 Å².